The molecule has 1 fully saturated rings. The zero-order chi connectivity index (χ0) is 7.99. The van der Waals surface area contributed by atoms with Crippen molar-refractivity contribution < 1.29 is 9.59 Å². The molecule has 0 aliphatic heterocycles. The lowest BCUT2D eigenvalue weighted by Gasteiger charge is -2.02. The Balaban J connectivity index is 2.87. The van der Waals surface area contributed by atoms with Crippen LogP contribution in [0, 0.1) is 16.7 Å². The van der Waals surface area contributed by atoms with E-state index >= 15 is 0 Å². The van der Waals surface area contributed by atoms with Crippen molar-refractivity contribution in [1.29, 1.82) is 0 Å². The Morgan fingerprint density at radius 1 is 1.20 bits per heavy atom. The van der Waals surface area contributed by atoms with Crippen molar-refractivity contribution in [2.24, 2.45) is 16.7 Å². The monoisotopic (exact) mass is 140 g/mol. The largest absolute Gasteiger partial charge is 0.303 e. The van der Waals surface area contributed by atoms with Gasteiger partial charge in [-0.1, -0.05) is 20.8 Å². The number of carbonyl (C=O) groups is 2. The first-order chi connectivity index (χ1) is 4.50. The molecule has 0 spiro atoms. The highest BCUT2D eigenvalue weighted by molar-refractivity contribution is 5.78. The van der Waals surface area contributed by atoms with Crippen LogP contribution in [0.2, 0.25) is 0 Å². The highest BCUT2D eigenvalue weighted by Gasteiger charge is 2.68. The molecule has 0 aromatic carbocycles. The average molecular weight is 140 g/mol. The molecule has 10 heavy (non-hydrogen) atoms. The summed E-state index contributed by atoms with van der Waals surface area (Å²) in [7, 11) is 0. The lowest BCUT2D eigenvalue weighted by molar-refractivity contribution is -0.115. The van der Waals surface area contributed by atoms with Gasteiger partial charge in [0, 0.05) is 11.3 Å². The fraction of sp³-hybridized carbons (Fsp3) is 0.750. The van der Waals surface area contributed by atoms with E-state index in [9.17, 15) is 9.59 Å². The van der Waals surface area contributed by atoms with Gasteiger partial charge in [-0.05, 0) is 5.41 Å². The first-order valence-corrected chi connectivity index (χ1v) is 3.42. The van der Waals surface area contributed by atoms with Crippen LogP contribution in [0.1, 0.15) is 20.8 Å². The number of aldehydes is 2. The molecule has 0 saturated heterocycles. The summed E-state index contributed by atoms with van der Waals surface area (Å²) in [5.74, 6) is -0.0718. The topological polar surface area (TPSA) is 34.1 Å². The molecule has 56 valence electrons. The third-order valence-corrected chi connectivity index (χ3v) is 3.11. The van der Waals surface area contributed by atoms with Crippen LogP contribution in [-0.2, 0) is 9.59 Å². The molecule has 2 nitrogen and oxygen atoms in total. The van der Waals surface area contributed by atoms with Crippen molar-refractivity contribution >= 4 is 12.6 Å². The van der Waals surface area contributed by atoms with E-state index in [2.05, 4.69) is 0 Å². The summed E-state index contributed by atoms with van der Waals surface area (Å²) in [6.07, 6.45) is 1.78. The third kappa shape index (κ3) is 0.542. The predicted octanol–water partition coefficient (Wildman–Crippen LogP) is 1.05. The molecule has 0 amide bonds. The van der Waals surface area contributed by atoms with Crippen molar-refractivity contribution in [1.82, 2.24) is 0 Å². The van der Waals surface area contributed by atoms with Gasteiger partial charge in [0.1, 0.15) is 12.6 Å². The van der Waals surface area contributed by atoms with Crippen LogP contribution >= 0.6 is 0 Å². The molecule has 0 aromatic rings. The van der Waals surface area contributed by atoms with Gasteiger partial charge in [-0.15, -0.1) is 0 Å². The summed E-state index contributed by atoms with van der Waals surface area (Å²) in [5, 5.41) is 0. The van der Waals surface area contributed by atoms with E-state index in [4.69, 9.17) is 0 Å². The molecule has 0 radical (unpaired) electrons. The van der Waals surface area contributed by atoms with Gasteiger partial charge in [0.15, 0.2) is 0 Å². The molecule has 2 heteroatoms. The second-order valence-electron chi connectivity index (χ2n) is 3.74. The van der Waals surface area contributed by atoms with E-state index in [1.165, 1.54) is 0 Å². The Hall–Kier alpha value is -0.660. The van der Waals surface area contributed by atoms with Crippen LogP contribution < -0.4 is 0 Å². The average Bonchev–Trinajstić information content (AvgIpc) is 2.29. The Labute approximate surface area is 60.6 Å². The number of hydrogen-bond acceptors (Lipinski definition) is 2. The minimum Gasteiger partial charge on any atom is -0.303 e. The number of hydrogen-bond donors (Lipinski definition) is 0. The summed E-state index contributed by atoms with van der Waals surface area (Å²) in [4.78, 5) is 20.9. The first-order valence-electron chi connectivity index (χ1n) is 3.42. The summed E-state index contributed by atoms with van der Waals surface area (Å²) >= 11 is 0. The second kappa shape index (κ2) is 1.68. The van der Waals surface area contributed by atoms with Crippen LogP contribution in [0.3, 0.4) is 0 Å². The molecule has 0 heterocycles. The standard InChI is InChI=1S/C8H12O2/c1-7(2)6(4-9)8(7,3)5-10/h4-6H,1-3H3/t6-,8-/m1/s1. The molecule has 1 saturated carbocycles. The second-order valence-corrected chi connectivity index (χ2v) is 3.74. The summed E-state index contributed by atoms with van der Waals surface area (Å²) < 4.78 is 0. The molecular formula is C8H12O2. The lowest BCUT2D eigenvalue weighted by Crippen LogP contribution is -2.04. The quantitative estimate of drug-likeness (QED) is 0.537. The SMILES string of the molecule is CC1(C)[C@@H](C=O)[C@@]1(C)C=O. The van der Waals surface area contributed by atoms with Crippen molar-refractivity contribution in [2.75, 3.05) is 0 Å². The van der Waals surface area contributed by atoms with Gasteiger partial charge in [-0.25, -0.2) is 0 Å². The molecule has 0 aromatic heterocycles. The molecule has 0 bridgehead atoms. The highest BCUT2D eigenvalue weighted by atomic mass is 16.1. The summed E-state index contributed by atoms with van der Waals surface area (Å²) in [6.45, 7) is 5.72. The molecule has 0 unspecified atom stereocenters. The van der Waals surface area contributed by atoms with Gasteiger partial charge in [0.25, 0.3) is 0 Å². The minimum atomic E-state index is -0.394. The zero-order valence-electron chi connectivity index (χ0n) is 6.55. The molecule has 1 aliphatic rings. The smallest absolute Gasteiger partial charge is 0.127 e. The van der Waals surface area contributed by atoms with Crippen molar-refractivity contribution in [3.8, 4) is 0 Å². The highest BCUT2D eigenvalue weighted by Crippen LogP contribution is 2.66. The van der Waals surface area contributed by atoms with Crippen LogP contribution in [0.4, 0.5) is 0 Å². The lowest BCUT2D eigenvalue weighted by atomic mass is 10.0. The van der Waals surface area contributed by atoms with Gasteiger partial charge in [0.2, 0.25) is 0 Å². The summed E-state index contributed by atoms with van der Waals surface area (Å²) in [6, 6.07) is 0. The Bertz CT molecular complexity index is 184. The third-order valence-electron chi connectivity index (χ3n) is 3.11. The van der Waals surface area contributed by atoms with Gasteiger partial charge < -0.3 is 9.59 Å². The van der Waals surface area contributed by atoms with Crippen LogP contribution in [-0.4, -0.2) is 12.6 Å². The maximum atomic E-state index is 10.5. The predicted molar refractivity (Wildman–Crippen MR) is 37.5 cm³/mol. The first kappa shape index (κ1) is 7.45. The molecule has 1 rings (SSSR count). The fourth-order valence-electron chi connectivity index (χ4n) is 1.60. The molecule has 1 aliphatic carbocycles. The summed E-state index contributed by atoms with van der Waals surface area (Å²) in [5.41, 5.74) is -0.509. The molecule has 2 atom stereocenters. The minimum absolute atomic E-state index is 0.0718. The molecular weight excluding hydrogens is 128 g/mol. The van der Waals surface area contributed by atoms with Crippen molar-refractivity contribution in [2.45, 2.75) is 20.8 Å². The maximum absolute atomic E-state index is 10.5. The van der Waals surface area contributed by atoms with E-state index in [0.717, 1.165) is 12.6 Å². The van der Waals surface area contributed by atoms with E-state index in [-0.39, 0.29) is 11.3 Å². The van der Waals surface area contributed by atoms with Gasteiger partial charge >= 0.3 is 0 Å². The normalized spacial score (nSPS) is 42.5. The number of rotatable bonds is 2. The molecule has 0 N–H and O–H groups in total. The van der Waals surface area contributed by atoms with Gasteiger partial charge in [0.05, 0.1) is 0 Å². The maximum Gasteiger partial charge on any atom is 0.127 e. The van der Waals surface area contributed by atoms with Gasteiger partial charge in [-0.3, -0.25) is 0 Å². The van der Waals surface area contributed by atoms with Crippen LogP contribution in [0.25, 0.3) is 0 Å². The Morgan fingerprint density at radius 2 is 1.70 bits per heavy atom. The Kier molecular flexibility index (Phi) is 1.25. The van der Waals surface area contributed by atoms with E-state index in [1.807, 2.05) is 20.8 Å². The van der Waals surface area contributed by atoms with Crippen LogP contribution in [0.5, 0.6) is 0 Å². The van der Waals surface area contributed by atoms with Gasteiger partial charge in [-0.2, -0.15) is 0 Å². The van der Waals surface area contributed by atoms with E-state index in [1.54, 1.807) is 0 Å². The van der Waals surface area contributed by atoms with E-state index in [0.29, 0.717) is 0 Å². The number of carbonyl (C=O) groups excluding carboxylic acids is 2. The fourth-order valence-corrected chi connectivity index (χ4v) is 1.60. The Morgan fingerprint density at radius 3 is 1.80 bits per heavy atom. The van der Waals surface area contributed by atoms with Crippen molar-refractivity contribution in [3.05, 3.63) is 0 Å². The van der Waals surface area contributed by atoms with Crippen LogP contribution in [0.15, 0.2) is 0 Å². The zero-order valence-corrected chi connectivity index (χ0v) is 6.55. The van der Waals surface area contributed by atoms with Crippen molar-refractivity contribution in [3.63, 3.8) is 0 Å². The van der Waals surface area contributed by atoms with E-state index < -0.39 is 5.41 Å².